The minimum absolute atomic E-state index is 0.0753. The zero-order valence-electron chi connectivity index (χ0n) is 14.5. The molecule has 1 aromatic heterocycles. The normalized spacial score (nSPS) is 17.9. The number of amides is 2. The zero-order chi connectivity index (χ0) is 17.9. The summed E-state index contributed by atoms with van der Waals surface area (Å²) in [5.74, 6) is 0.575. The molecule has 3 aromatic rings. The summed E-state index contributed by atoms with van der Waals surface area (Å²) >= 11 is 0. The number of urea groups is 1. The van der Waals surface area contributed by atoms with Gasteiger partial charge < -0.3 is 20.4 Å². The van der Waals surface area contributed by atoms with E-state index in [9.17, 15) is 4.79 Å². The molecular formula is C20H22N4O2. The third-order valence-electron chi connectivity index (χ3n) is 4.74. The number of hydrogen-bond donors (Lipinski definition) is 2. The first kappa shape index (κ1) is 16.6. The van der Waals surface area contributed by atoms with Crippen molar-refractivity contribution in [3.63, 3.8) is 0 Å². The number of nitrogens with one attached hydrogen (secondary N) is 1. The first-order chi connectivity index (χ1) is 12.7. The van der Waals surface area contributed by atoms with Crippen molar-refractivity contribution in [2.45, 2.75) is 25.3 Å². The van der Waals surface area contributed by atoms with E-state index in [1.807, 2.05) is 53.4 Å². The summed E-state index contributed by atoms with van der Waals surface area (Å²) in [5.41, 5.74) is 9.20. The van der Waals surface area contributed by atoms with E-state index in [-0.39, 0.29) is 12.1 Å². The van der Waals surface area contributed by atoms with E-state index in [1.54, 1.807) is 0 Å². The third-order valence-corrected chi connectivity index (χ3v) is 4.74. The van der Waals surface area contributed by atoms with E-state index in [0.717, 1.165) is 48.2 Å². The number of aromatic nitrogens is 1. The molecule has 1 fully saturated rings. The van der Waals surface area contributed by atoms with Crippen LogP contribution in [0.2, 0.25) is 0 Å². The van der Waals surface area contributed by atoms with Crippen molar-refractivity contribution >= 4 is 22.8 Å². The molecule has 1 atom stereocenters. The van der Waals surface area contributed by atoms with Crippen LogP contribution in [-0.2, 0) is 0 Å². The SMILES string of the molecule is N[C@@H]1CCCN(C(=O)Nc2ccc(-c3nc4ccccc4o3)cc2)CC1. The Labute approximate surface area is 152 Å². The highest BCUT2D eigenvalue weighted by molar-refractivity contribution is 5.89. The predicted octanol–water partition coefficient (Wildman–Crippen LogP) is 3.84. The number of oxazole rings is 1. The molecule has 0 saturated carbocycles. The number of para-hydroxylation sites is 2. The molecule has 2 amide bonds. The molecule has 2 aromatic carbocycles. The lowest BCUT2D eigenvalue weighted by molar-refractivity contribution is 0.213. The maximum atomic E-state index is 12.4. The maximum Gasteiger partial charge on any atom is 0.321 e. The molecule has 4 rings (SSSR count). The van der Waals surface area contributed by atoms with Crippen molar-refractivity contribution < 1.29 is 9.21 Å². The van der Waals surface area contributed by atoms with Crippen LogP contribution in [0, 0.1) is 0 Å². The summed E-state index contributed by atoms with van der Waals surface area (Å²) in [6.45, 7) is 1.45. The van der Waals surface area contributed by atoms with Gasteiger partial charge in [0, 0.05) is 30.4 Å². The number of nitrogens with zero attached hydrogens (tertiary/aromatic N) is 2. The quantitative estimate of drug-likeness (QED) is 0.735. The van der Waals surface area contributed by atoms with Gasteiger partial charge in [0.05, 0.1) is 0 Å². The molecule has 0 aliphatic carbocycles. The van der Waals surface area contributed by atoms with Crippen molar-refractivity contribution in [1.82, 2.24) is 9.88 Å². The van der Waals surface area contributed by atoms with Gasteiger partial charge in [-0.2, -0.15) is 0 Å². The molecule has 0 unspecified atom stereocenters. The van der Waals surface area contributed by atoms with Gasteiger partial charge in [-0.3, -0.25) is 0 Å². The van der Waals surface area contributed by atoms with Crippen LogP contribution in [0.4, 0.5) is 10.5 Å². The smallest absolute Gasteiger partial charge is 0.321 e. The van der Waals surface area contributed by atoms with Gasteiger partial charge in [-0.25, -0.2) is 9.78 Å². The lowest BCUT2D eigenvalue weighted by atomic mass is 10.1. The fraction of sp³-hybridized carbons (Fsp3) is 0.300. The van der Waals surface area contributed by atoms with Crippen molar-refractivity contribution in [3.8, 4) is 11.5 Å². The Bertz CT molecular complexity index is 871. The molecule has 0 bridgehead atoms. The van der Waals surface area contributed by atoms with E-state index in [1.165, 1.54) is 0 Å². The Balaban J connectivity index is 1.44. The second kappa shape index (κ2) is 7.17. The van der Waals surface area contributed by atoms with Gasteiger partial charge in [0.25, 0.3) is 0 Å². The van der Waals surface area contributed by atoms with Crippen LogP contribution in [0.15, 0.2) is 52.9 Å². The van der Waals surface area contributed by atoms with Gasteiger partial charge in [-0.05, 0) is 55.7 Å². The monoisotopic (exact) mass is 350 g/mol. The molecule has 1 aliphatic heterocycles. The lowest BCUT2D eigenvalue weighted by Gasteiger charge is -2.21. The molecule has 2 heterocycles. The number of benzene rings is 2. The van der Waals surface area contributed by atoms with Gasteiger partial charge >= 0.3 is 6.03 Å². The summed E-state index contributed by atoms with van der Waals surface area (Å²) in [6, 6.07) is 15.3. The van der Waals surface area contributed by atoms with Gasteiger partial charge in [0.1, 0.15) is 5.52 Å². The van der Waals surface area contributed by atoms with Crippen LogP contribution >= 0.6 is 0 Å². The Hall–Kier alpha value is -2.86. The number of carbonyl (C=O) groups excluding carboxylic acids is 1. The number of likely N-dealkylation sites (tertiary alicyclic amines) is 1. The van der Waals surface area contributed by atoms with Crippen LogP contribution in [0.5, 0.6) is 0 Å². The van der Waals surface area contributed by atoms with Crippen LogP contribution in [0.25, 0.3) is 22.6 Å². The van der Waals surface area contributed by atoms with Crippen molar-refractivity contribution in [2.24, 2.45) is 5.73 Å². The van der Waals surface area contributed by atoms with Gasteiger partial charge in [0.2, 0.25) is 5.89 Å². The van der Waals surface area contributed by atoms with Gasteiger partial charge in [-0.15, -0.1) is 0 Å². The van der Waals surface area contributed by atoms with Crippen molar-refractivity contribution in [2.75, 3.05) is 18.4 Å². The fourth-order valence-electron chi connectivity index (χ4n) is 3.22. The van der Waals surface area contributed by atoms with Gasteiger partial charge in [-0.1, -0.05) is 12.1 Å². The average Bonchev–Trinajstić information content (AvgIpc) is 2.97. The standard InChI is InChI=1S/C20H22N4O2/c21-15-4-3-12-24(13-11-15)20(25)22-16-9-7-14(8-10-16)19-23-17-5-1-2-6-18(17)26-19/h1-2,5-10,15H,3-4,11-13,21H2,(H,22,25)/t15-/m1/s1. The fourth-order valence-corrected chi connectivity index (χ4v) is 3.22. The molecule has 26 heavy (non-hydrogen) atoms. The number of anilines is 1. The summed E-state index contributed by atoms with van der Waals surface area (Å²) in [4.78, 5) is 18.8. The van der Waals surface area contributed by atoms with E-state index in [4.69, 9.17) is 10.2 Å². The molecule has 1 aliphatic rings. The first-order valence-electron chi connectivity index (χ1n) is 8.96. The van der Waals surface area contributed by atoms with E-state index in [0.29, 0.717) is 12.4 Å². The molecule has 0 radical (unpaired) electrons. The van der Waals surface area contributed by atoms with Crippen LogP contribution in [0.1, 0.15) is 19.3 Å². The molecule has 1 saturated heterocycles. The molecule has 6 heteroatoms. The van der Waals surface area contributed by atoms with Crippen LogP contribution < -0.4 is 11.1 Å². The summed E-state index contributed by atoms with van der Waals surface area (Å²) in [5, 5.41) is 2.95. The number of fused-ring (bicyclic) bond motifs is 1. The molecule has 134 valence electrons. The van der Waals surface area contributed by atoms with E-state index in [2.05, 4.69) is 10.3 Å². The minimum Gasteiger partial charge on any atom is -0.436 e. The second-order valence-electron chi connectivity index (χ2n) is 6.67. The minimum atomic E-state index is -0.0753. The highest BCUT2D eigenvalue weighted by atomic mass is 16.3. The predicted molar refractivity (Wildman–Crippen MR) is 102 cm³/mol. The molecule has 0 spiro atoms. The second-order valence-corrected chi connectivity index (χ2v) is 6.67. The van der Waals surface area contributed by atoms with Crippen molar-refractivity contribution in [1.29, 1.82) is 0 Å². The summed E-state index contributed by atoms with van der Waals surface area (Å²) < 4.78 is 5.78. The average molecular weight is 350 g/mol. The van der Waals surface area contributed by atoms with E-state index >= 15 is 0 Å². The first-order valence-corrected chi connectivity index (χ1v) is 8.96. The van der Waals surface area contributed by atoms with Crippen LogP contribution in [0.3, 0.4) is 0 Å². The Morgan fingerprint density at radius 3 is 2.73 bits per heavy atom. The van der Waals surface area contributed by atoms with E-state index < -0.39 is 0 Å². The molecule has 3 N–H and O–H groups in total. The number of rotatable bonds is 2. The largest absolute Gasteiger partial charge is 0.436 e. The number of nitrogens with two attached hydrogens (primary N) is 1. The molecular weight excluding hydrogens is 328 g/mol. The topological polar surface area (TPSA) is 84.4 Å². The molecule has 6 nitrogen and oxygen atoms in total. The Morgan fingerprint density at radius 2 is 1.92 bits per heavy atom. The zero-order valence-corrected chi connectivity index (χ0v) is 14.5. The lowest BCUT2D eigenvalue weighted by Crippen LogP contribution is -2.36. The Kier molecular flexibility index (Phi) is 4.58. The third kappa shape index (κ3) is 3.55. The number of hydrogen-bond acceptors (Lipinski definition) is 4. The van der Waals surface area contributed by atoms with Crippen molar-refractivity contribution in [3.05, 3.63) is 48.5 Å². The number of carbonyl (C=O) groups is 1. The summed E-state index contributed by atoms with van der Waals surface area (Å²) in [6.07, 6.45) is 2.78. The van der Waals surface area contributed by atoms with Gasteiger partial charge in [0.15, 0.2) is 5.58 Å². The van der Waals surface area contributed by atoms with Crippen LogP contribution in [-0.4, -0.2) is 35.0 Å². The highest BCUT2D eigenvalue weighted by Crippen LogP contribution is 2.25. The highest BCUT2D eigenvalue weighted by Gasteiger charge is 2.18. The maximum absolute atomic E-state index is 12.4. The summed E-state index contributed by atoms with van der Waals surface area (Å²) in [7, 11) is 0. The Morgan fingerprint density at radius 1 is 1.12 bits per heavy atom.